The fourth-order valence-electron chi connectivity index (χ4n) is 3.45. The SMILES string of the molecule is CP(C)c1ccccc1-c1ccccc1.CP(C)c1ccccc1-c1ccccc1. The van der Waals surface area contributed by atoms with Crippen LogP contribution in [0.1, 0.15) is 0 Å². The van der Waals surface area contributed by atoms with Crippen molar-refractivity contribution >= 4 is 26.5 Å². The van der Waals surface area contributed by atoms with Crippen molar-refractivity contribution in [3.8, 4) is 22.3 Å². The summed E-state index contributed by atoms with van der Waals surface area (Å²) in [6.45, 7) is 9.21. The van der Waals surface area contributed by atoms with E-state index in [1.807, 2.05) is 0 Å². The molecular formula is C28H30P2. The fourth-order valence-corrected chi connectivity index (χ4v) is 5.59. The maximum Gasteiger partial charge on any atom is -0.0107 e. The van der Waals surface area contributed by atoms with E-state index in [1.54, 1.807) is 0 Å². The lowest BCUT2D eigenvalue weighted by Gasteiger charge is -2.12. The molecule has 0 fully saturated rings. The molecule has 0 saturated carbocycles. The van der Waals surface area contributed by atoms with E-state index in [4.69, 9.17) is 0 Å². The number of rotatable bonds is 4. The minimum atomic E-state index is -0.0400. The molecular weight excluding hydrogens is 398 g/mol. The maximum absolute atomic E-state index is 2.30. The molecule has 0 saturated heterocycles. The summed E-state index contributed by atoms with van der Waals surface area (Å²) < 4.78 is 0. The molecule has 0 spiro atoms. The summed E-state index contributed by atoms with van der Waals surface area (Å²) in [5, 5.41) is 2.97. The summed E-state index contributed by atoms with van der Waals surface area (Å²) in [4.78, 5) is 0. The highest BCUT2D eigenvalue weighted by Gasteiger charge is 2.07. The van der Waals surface area contributed by atoms with Crippen LogP contribution in [0.2, 0.25) is 0 Å². The molecule has 0 heterocycles. The average molecular weight is 428 g/mol. The van der Waals surface area contributed by atoms with Gasteiger partial charge in [-0.2, -0.15) is 0 Å². The molecule has 0 aromatic heterocycles. The molecule has 0 aliphatic heterocycles. The van der Waals surface area contributed by atoms with Gasteiger partial charge in [0.15, 0.2) is 0 Å². The summed E-state index contributed by atoms with van der Waals surface area (Å²) >= 11 is 0. The third-order valence-electron chi connectivity index (χ3n) is 4.94. The first-order valence-electron chi connectivity index (χ1n) is 10.2. The van der Waals surface area contributed by atoms with Crippen molar-refractivity contribution in [2.45, 2.75) is 0 Å². The maximum atomic E-state index is 2.30. The van der Waals surface area contributed by atoms with Gasteiger partial charge in [0.25, 0.3) is 0 Å². The highest BCUT2D eigenvalue weighted by atomic mass is 31.1. The lowest BCUT2D eigenvalue weighted by atomic mass is 10.1. The van der Waals surface area contributed by atoms with Gasteiger partial charge < -0.3 is 0 Å². The van der Waals surface area contributed by atoms with Crippen molar-refractivity contribution in [2.75, 3.05) is 26.7 Å². The Morgan fingerprint density at radius 1 is 0.367 bits per heavy atom. The van der Waals surface area contributed by atoms with Crippen LogP contribution < -0.4 is 10.6 Å². The minimum absolute atomic E-state index is 0.0400. The van der Waals surface area contributed by atoms with Crippen LogP contribution >= 0.6 is 15.8 Å². The van der Waals surface area contributed by atoms with Gasteiger partial charge in [0.05, 0.1) is 0 Å². The van der Waals surface area contributed by atoms with E-state index in [0.29, 0.717) is 0 Å². The van der Waals surface area contributed by atoms with Crippen molar-refractivity contribution in [3.05, 3.63) is 109 Å². The second kappa shape index (κ2) is 11.2. The van der Waals surface area contributed by atoms with Crippen LogP contribution in [-0.2, 0) is 0 Å². The minimum Gasteiger partial charge on any atom is -0.0810 e. The third kappa shape index (κ3) is 5.89. The van der Waals surface area contributed by atoms with Crippen LogP contribution in [0.4, 0.5) is 0 Å². The number of benzene rings is 4. The molecule has 0 nitrogen and oxygen atoms in total. The van der Waals surface area contributed by atoms with Gasteiger partial charge in [0, 0.05) is 0 Å². The molecule has 4 aromatic carbocycles. The zero-order valence-corrected chi connectivity index (χ0v) is 20.1. The van der Waals surface area contributed by atoms with Crippen molar-refractivity contribution in [2.24, 2.45) is 0 Å². The Bertz CT molecular complexity index is 951. The summed E-state index contributed by atoms with van der Waals surface area (Å²) in [7, 11) is -0.0800. The van der Waals surface area contributed by atoms with Gasteiger partial charge in [-0.05, 0) is 59.5 Å². The van der Waals surface area contributed by atoms with Crippen molar-refractivity contribution in [1.82, 2.24) is 0 Å². The van der Waals surface area contributed by atoms with E-state index in [2.05, 4.69) is 136 Å². The molecule has 0 radical (unpaired) electrons. The van der Waals surface area contributed by atoms with Gasteiger partial charge in [-0.25, -0.2) is 0 Å². The van der Waals surface area contributed by atoms with E-state index < -0.39 is 0 Å². The van der Waals surface area contributed by atoms with Crippen LogP contribution in [0, 0.1) is 0 Å². The van der Waals surface area contributed by atoms with Crippen LogP contribution in [0.3, 0.4) is 0 Å². The molecule has 0 N–H and O–H groups in total. The third-order valence-corrected chi connectivity index (χ3v) is 7.65. The van der Waals surface area contributed by atoms with Crippen molar-refractivity contribution < 1.29 is 0 Å². The van der Waals surface area contributed by atoms with Crippen LogP contribution in [0.25, 0.3) is 22.3 Å². The van der Waals surface area contributed by atoms with Gasteiger partial charge in [-0.1, -0.05) is 125 Å². The Balaban J connectivity index is 0.000000171. The fraction of sp³-hybridized carbons (Fsp3) is 0.143. The molecule has 0 aliphatic rings. The summed E-state index contributed by atoms with van der Waals surface area (Å²) in [6.07, 6.45) is 0. The Kier molecular flexibility index (Phi) is 8.39. The highest BCUT2D eigenvalue weighted by Crippen LogP contribution is 2.31. The van der Waals surface area contributed by atoms with Gasteiger partial charge in [-0.15, -0.1) is 0 Å². The molecule has 4 aromatic rings. The lowest BCUT2D eigenvalue weighted by Crippen LogP contribution is -2.02. The Labute approximate surface area is 184 Å². The van der Waals surface area contributed by atoms with E-state index in [1.165, 1.54) is 32.9 Å². The molecule has 0 bridgehead atoms. The van der Waals surface area contributed by atoms with Gasteiger partial charge in [0.1, 0.15) is 0 Å². The Morgan fingerprint density at radius 3 is 1.00 bits per heavy atom. The second-order valence-corrected chi connectivity index (χ2v) is 12.1. The zero-order valence-electron chi connectivity index (χ0n) is 18.3. The van der Waals surface area contributed by atoms with Crippen LogP contribution in [-0.4, -0.2) is 26.7 Å². The number of hydrogen-bond acceptors (Lipinski definition) is 0. The quantitative estimate of drug-likeness (QED) is 0.296. The molecule has 30 heavy (non-hydrogen) atoms. The molecule has 152 valence electrons. The molecule has 2 heteroatoms. The van der Waals surface area contributed by atoms with Crippen molar-refractivity contribution in [1.29, 1.82) is 0 Å². The Morgan fingerprint density at radius 2 is 0.667 bits per heavy atom. The topological polar surface area (TPSA) is 0 Å². The van der Waals surface area contributed by atoms with Gasteiger partial charge in [0.2, 0.25) is 0 Å². The average Bonchev–Trinajstić information content (AvgIpc) is 2.80. The lowest BCUT2D eigenvalue weighted by molar-refractivity contribution is 1.65. The second-order valence-electron chi connectivity index (χ2n) is 7.56. The van der Waals surface area contributed by atoms with Gasteiger partial charge >= 0.3 is 0 Å². The molecule has 0 amide bonds. The standard InChI is InChI=1S/2C14H15P/c2*1-15(2)14-11-7-6-10-13(14)12-8-4-3-5-9-12/h2*3-11H,1-2H3. The summed E-state index contributed by atoms with van der Waals surface area (Å²) in [5.74, 6) is 0. The molecule has 0 aliphatic carbocycles. The monoisotopic (exact) mass is 428 g/mol. The van der Waals surface area contributed by atoms with E-state index in [-0.39, 0.29) is 15.8 Å². The summed E-state index contributed by atoms with van der Waals surface area (Å²) in [6, 6.07) is 38.6. The van der Waals surface area contributed by atoms with Crippen molar-refractivity contribution in [3.63, 3.8) is 0 Å². The molecule has 4 rings (SSSR count). The molecule has 0 unspecified atom stereocenters. The first-order chi connectivity index (χ1) is 14.6. The van der Waals surface area contributed by atoms with Crippen LogP contribution in [0.5, 0.6) is 0 Å². The summed E-state index contributed by atoms with van der Waals surface area (Å²) in [5.41, 5.74) is 5.41. The highest BCUT2D eigenvalue weighted by molar-refractivity contribution is 7.64. The van der Waals surface area contributed by atoms with Crippen LogP contribution in [0.15, 0.2) is 109 Å². The largest absolute Gasteiger partial charge is 0.0810 e. The first kappa shape index (κ1) is 22.4. The van der Waals surface area contributed by atoms with Gasteiger partial charge in [-0.3, -0.25) is 0 Å². The van der Waals surface area contributed by atoms with E-state index >= 15 is 0 Å². The molecule has 0 atom stereocenters. The first-order valence-corrected chi connectivity index (χ1v) is 14.7. The Hall–Kier alpha value is -2.26. The zero-order chi connectivity index (χ0) is 21.3. The van der Waals surface area contributed by atoms with E-state index in [0.717, 1.165) is 0 Å². The predicted octanol–water partition coefficient (Wildman–Crippen LogP) is 7.44. The predicted molar refractivity (Wildman–Crippen MR) is 141 cm³/mol. The smallest absolute Gasteiger partial charge is 0.0107 e. The number of hydrogen-bond donors (Lipinski definition) is 0. The normalized spacial score (nSPS) is 10.6. The van der Waals surface area contributed by atoms with E-state index in [9.17, 15) is 0 Å².